The Bertz CT molecular complexity index is 1700. The summed E-state index contributed by atoms with van der Waals surface area (Å²) >= 11 is 0. The summed E-state index contributed by atoms with van der Waals surface area (Å²) in [6.07, 6.45) is 98.5. The standard InChI is InChI=1S/C77H130O6/c1-4-7-10-13-15-17-19-21-23-25-27-29-31-33-34-35-36-37-38-39-40-41-42-44-45-47-49-51-53-55-57-59-61-64-67-70-76(79)82-73-74(72-81-75(78)69-66-63-12-9-6-3)83-77(80)71-68-65-62-60-58-56-54-52-50-48-46-43-32-30-28-26-24-22-20-18-16-14-11-8-5-2/h7,10,15,17,21,23,27,29,33-34,36-37,39-40,42,44,47,49,53,55,74H,4-6,8-9,11-14,16,18-20,22,24-26,28,30-32,35,38,41,43,45-46,48,50-52,54,56-73H2,1-3H3/b10-7-,17-15-,23-21-,29-27-,34-33-,37-36-,40-39-,44-42-,49-47-,55-53-. The zero-order valence-corrected chi connectivity index (χ0v) is 54.4. The number of unbranched alkanes of at least 4 members (excludes halogenated alkanes) is 32. The van der Waals surface area contributed by atoms with Crippen molar-refractivity contribution in [1.82, 2.24) is 0 Å². The third-order valence-electron chi connectivity index (χ3n) is 15.0. The van der Waals surface area contributed by atoms with Crippen molar-refractivity contribution in [3.05, 3.63) is 122 Å². The number of ether oxygens (including phenoxy) is 3. The van der Waals surface area contributed by atoms with Crippen LogP contribution in [-0.4, -0.2) is 37.2 Å². The molecule has 6 heteroatoms. The molecular formula is C77H130O6. The highest BCUT2D eigenvalue weighted by Crippen LogP contribution is 2.17. The van der Waals surface area contributed by atoms with E-state index in [-0.39, 0.29) is 31.1 Å². The predicted octanol–water partition coefficient (Wildman–Crippen LogP) is 24.3. The van der Waals surface area contributed by atoms with Gasteiger partial charge in [-0.15, -0.1) is 0 Å². The highest BCUT2D eigenvalue weighted by atomic mass is 16.6. The van der Waals surface area contributed by atoms with E-state index in [1.165, 1.54) is 148 Å². The minimum Gasteiger partial charge on any atom is -0.462 e. The van der Waals surface area contributed by atoms with E-state index in [1.54, 1.807) is 0 Å². The maximum atomic E-state index is 12.9. The van der Waals surface area contributed by atoms with E-state index in [9.17, 15) is 14.4 Å². The lowest BCUT2D eigenvalue weighted by atomic mass is 10.0. The van der Waals surface area contributed by atoms with Gasteiger partial charge in [-0.05, 0) is 96.3 Å². The van der Waals surface area contributed by atoms with Crippen molar-refractivity contribution in [3.8, 4) is 0 Å². The van der Waals surface area contributed by atoms with Gasteiger partial charge in [-0.1, -0.05) is 335 Å². The van der Waals surface area contributed by atoms with Crippen LogP contribution in [0.5, 0.6) is 0 Å². The topological polar surface area (TPSA) is 78.9 Å². The Morgan fingerprint density at radius 3 is 0.735 bits per heavy atom. The second-order valence-corrected chi connectivity index (χ2v) is 23.1. The van der Waals surface area contributed by atoms with Crippen molar-refractivity contribution in [1.29, 1.82) is 0 Å². The number of allylic oxidation sites excluding steroid dienone is 20. The molecule has 0 bridgehead atoms. The minimum absolute atomic E-state index is 0.0855. The predicted molar refractivity (Wildman–Crippen MR) is 362 cm³/mol. The van der Waals surface area contributed by atoms with Crippen LogP contribution in [0.4, 0.5) is 0 Å². The molecule has 0 aromatic carbocycles. The van der Waals surface area contributed by atoms with Gasteiger partial charge in [-0.25, -0.2) is 0 Å². The van der Waals surface area contributed by atoms with Crippen molar-refractivity contribution in [2.75, 3.05) is 13.2 Å². The van der Waals surface area contributed by atoms with Gasteiger partial charge in [0.05, 0.1) is 0 Å². The van der Waals surface area contributed by atoms with Gasteiger partial charge in [0, 0.05) is 19.3 Å². The average molecular weight is 1150 g/mol. The van der Waals surface area contributed by atoms with Crippen LogP contribution in [-0.2, 0) is 28.6 Å². The molecule has 0 aliphatic heterocycles. The van der Waals surface area contributed by atoms with Gasteiger partial charge in [0.1, 0.15) is 13.2 Å². The first-order chi connectivity index (χ1) is 41.0. The molecule has 0 saturated carbocycles. The Kier molecular flexibility index (Phi) is 66.7. The van der Waals surface area contributed by atoms with Gasteiger partial charge < -0.3 is 14.2 Å². The first-order valence-corrected chi connectivity index (χ1v) is 35.0. The maximum absolute atomic E-state index is 12.9. The third kappa shape index (κ3) is 68.5. The molecule has 0 heterocycles. The van der Waals surface area contributed by atoms with Gasteiger partial charge >= 0.3 is 17.9 Å². The second kappa shape index (κ2) is 70.3. The summed E-state index contributed by atoms with van der Waals surface area (Å²) in [7, 11) is 0. The van der Waals surface area contributed by atoms with Crippen LogP contribution in [0.15, 0.2) is 122 Å². The molecule has 0 rings (SSSR count). The molecule has 0 radical (unpaired) electrons. The highest BCUT2D eigenvalue weighted by molar-refractivity contribution is 5.71. The van der Waals surface area contributed by atoms with Crippen molar-refractivity contribution < 1.29 is 28.6 Å². The Morgan fingerprint density at radius 2 is 0.470 bits per heavy atom. The van der Waals surface area contributed by atoms with Crippen molar-refractivity contribution in [3.63, 3.8) is 0 Å². The molecule has 83 heavy (non-hydrogen) atoms. The summed E-state index contributed by atoms with van der Waals surface area (Å²) in [6, 6.07) is 0. The monoisotopic (exact) mass is 1150 g/mol. The molecule has 1 unspecified atom stereocenters. The van der Waals surface area contributed by atoms with Gasteiger partial charge in [-0.3, -0.25) is 14.4 Å². The van der Waals surface area contributed by atoms with Crippen LogP contribution in [0.25, 0.3) is 0 Å². The lowest BCUT2D eigenvalue weighted by molar-refractivity contribution is -0.167. The average Bonchev–Trinajstić information content (AvgIpc) is 3.49. The molecule has 6 nitrogen and oxygen atoms in total. The molecule has 474 valence electrons. The Hall–Kier alpha value is -4.19. The molecule has 0 amide bonds. The zero-order chi connectivity index (χ0) is 59.9. The molecular weight excluding hydrogens is 1020 g/mol. The van der Waals surface area contributed by atoms with Crippen LogP contribution in [0.1, 0.15) is 329 Å². The number of rotatable bonds is 63. The summed E-state index contributed by atoms with van der Waals surface area (Å²) in [5.74, 6) is -0.916. The first-order valence-electron chi connectivity index (χ1n) is 35.0. The Morgan fingerprint density at radius 1 is 0.253 bits per heavy atom. The van der Waals surface area contributed by atoms with Crippen LogP contribution < -0.4 is 0 Å². The van der Waals surface area contributed by atoms with E-state index in [0.717, 1.165) is 141 Å². The highest BCUT2D eigenvalue weighted by Gasteiger charge is 2.19. The Balaban J connectivity index is 4.08. The smallest absolute Gasteiger partial charge is 0.306 e. The van der Waals surface area contributed by atoms with Crippen molar-refractivity contribution >= 4 is 17.9 Å². The van der Waals surface area contributed by atoms with Crippen molar-refractivity contribution in [2.24, 2.45) is 0 Å². The maximum Gasteiger partial charge on any atom is 0.306 e. The van der Waals surface area contributed by atoms with E-state index in [1.807, 2.05) is 0 Å². The lowest BCUT2D eigenvalue weighted by Gasteiger charge is -2.18. The van der Waals surface area contributed by atoms with E-state index in [2.05, 4.69) is 142 Å². The minimum atomic E-state index is -0.786. The molecule has 0 N–H and O–H groups in total. The normalized spacial score (nSPS) is 12.9. The number of carbonyl (C=O) groups is 3. The summed E-state index contributed by atoms with van der Waals surface area (Å²) in [5, 5.41) is 0. The fourth-order valence-electron chi connectivity index (χ4n) is 9.77. The van der Waals surface area contributed by atoms with Crippen LogP contribution >= 0.6 is 0 Å². The summed E-state index contributed by atoms with van der Waals surface area (Å²) in [5.41, 5.74) is 0. The summed E-state index contributed by atoms with van der Waals surface area (Å²) < 4.78 is 16.8. The first kappa shape index (κ1) is 78.8. The fraction of sp³-hybridized carbons (Fsp3) is 0.701. The third-order valence-corrected chi connectivity index (χ3v) is 15.0. The SMILES string of the molecule is CC/C=C\C/C=C\C/C=C\C/C=C\C/C=C\C/C=C\C/C=C\C/C=C\C/C=C\C/C=C\CCCCCCC(=O)OCC(COC(=O)CCCCCCC)OC(=O)CCCCCCCCCCCCCCCCCCCCCCCCCCC. The lowest BCUT2D eigenvalue weighted by Crippen LogP contribution is -2.30. The quantitative estimate of drug-likeness (QED) is 0.0261. The molecule has 0 aromatic rings. The van der Waals surface area contributed by atoms with Gasteiger partial charge in [-0.2, -0.15) is 0 Å². The fourth-order valence-corrected chi connectivity index (χ4v) is 9.77. The number of hydrogen-bond acceptors (Lipinski definition) is 6. The van der Waals surface area contributed by atoms with Crippen molar-refractivity contribution in [2.45, 2.75) is 335 Å². The van der Waals surface area contributed by atoms with Gasteiger partial charge in [0.15, 0.2) is 6.10 Å². The summed E-state index contributed by atoms with van der Waals surface area (Å²) in [6.45, 7) is 6.45. The molecule has 0 fully saturated rings. The van der Waals surface area contributed by atoms with Crippen LogP contribution in [0, 0.1) is 0 Å². The molecule has 0 aromatic heterocycles. The Labute approximate surface area is 513 Å². The van der Waals surface area contributed by atoms with Gasteiger partial charge in [0.2, 0.25) is 0 Å². The van der Waals surface area contributed by atoms with E-state index in [4.69, 9.17) is 14.2 Å². The summed E-state index contributed by atoms with van der Waals surface area (Å²) in [4.78, 5) is 38.0. The molecule has 1 atom stereocenters. The zero-order valence-electron chi connectivity index (χ0n) is 54.4. The van der Waals surface area contributed by atoms with Gasteiger partial charge in [0.25, 0.3) is 0 Å². The number of esters is 3. The molecule has 0 aliphatic rings. The van der Waals surface area contributed by atoms with Crippen LogP contribution in [0.2, 0.25) is 0 Å². The van der Waals surface area contributed by atoms with E-state index in [0.29, 0.717) is 19.3 Å². The molecule has 0 spiro atoms. The molecule has 0 aliphatic carbocycles. The molecule has 0 saturated heterocycles. The van der Waals surface area contributed by atoms with E-state index < -0.39 is 6.10 Å². The van der Waals surface area contributed by atoms with E-state index >= 15 is 0 Å². The number of hydrogen-bond donors (Lipinski definition) is 0. The largest absolute Gasteiger partial charge is 0.462 e. The second-order valence-electron chi connectivity index (χ2n) is 23.1. The number of carbonyl (C=O) groups excluding carboxylic acids is 3. The van der Waals surface area contributed by atoms with Crippen LogP contribution in [0.3, 0.4) is 0 Å².